The smallest absolute Gasteiger partial charge is 0.246 e. The molecule has 1 atom stereocenters. The van der Waals surface area contributed by atoms with Gasteiger partial charge in [0.05, 0.1) is 17.5 Å². The van der Waals surface area contributed by atoms with Crippen LogP contribution < -0.4 is 9.47 Å². The number of likely N-dealkylation sites (N-methyl/N-ethyl adjacent to an activating group) is 1. The predicted octanol–water partition coefficient (Wildman–Crippen LogP) is 4.80. The van der Waals surface area contributed by atoms with Gasteiger partial charge in [-0.2, -0.15) is 0 Å². The average molecular weight is 392 g/mol. The molecule has 1 aliphatic rings. The number of rotatable bonds is 6. The van der Waals surface area contributed by atoms with Gasteiger partial charge in [0.15, 0.2) is 0 Å². The van der Waals surface area contributed by atoms with Gasteiger partial charge < -0.3 is 14.4 Å². The zero-order valence-corrected chi connectivity index (χ0v) is 16.7. The molecule has 6 heteroatoms. The molecule has 0 saturated heterocycles. The normalized spacial score (nSPS) is 15.8. The summed E-state index contributed by atoms with van der Waals surface area (Å²) in [6.45, 7) is 5.10. The second-order valence-corrected chi connectivity index (χ2v) is 8.10. The molecule has 1 aromatic heterocycles. The maximum absolute atomic E-state index is 12.4. The highest BCUT2D eigenvalue weighted by molar-refractivity contribution is 7.16. The number of hydrogen-bond acceptors (Lipinski definition) is 4. The molecule has 1 aromatic carbocycles. The van der Waals surface area contributed by atoms with Crippen LogP contribution in [0.3, 0.4) is 0 Å². The average Bonchev–Trinajstić information content (AvgIpc) is 3.16. The van der Waals surface area contributed by atoms with E-state index in [1.165, 1.54) is 11.3 Å². The molecular formula is C20H22ClNO3S. The van der Waals surface area contributed by atoms with E-state index in [0.29, 0.717) is 13.2 Å². The van der Waals surface area contributed by atoms with Crippen molar-refractivity contribution in [3.05, 3.63) is 50.7 Å². The van der Waals surface area contributed by atoms with E-state index in [-0.39, 0.29) is 12.0 Å². The standard InChI is InChI=1S/C20H22ClNO3S/c1-4-24-17-11-15-9-13(2)25-18(15)10-14(17)5-8-20(23)22(3)12-16-6-7-19(21)26-16/h5-8,10-11,13H,4,9,12H2,1-3H3/b8-5+. The summed E-state index contributed by atoms with van der Waals surface area (Å²) >= 11 is 7.43. The molecule has 2 aromatic rings. The molecule has 0 bridgehead atoms. The van der Waals surface area contributed by atoms with Crippen molar-refractivity contribution in [1.29, 1.82) is 0 Å². The molecule has 0 aliphatic carbocycles. The highest BCUT2D eigenvalue weighted by Gasteiger charge is 2.21. The van der Waals surface area contributed by atoms with Crippen LogP contribution >= 0.6 is 22.9 Å². The largest absolute Gasteiger partial charge is 0.493 e. The van der Waals surface area contributed by atoms with Crippen LogP contribution in [0.5, 0.6) is 11.5 Å². The van der Waals surface area contributed by atoms with Gasteiger partial charge in [0.1, 0.15) is 17.6 Å². The quantitative estimate of drug-likeness (QED) is 0.664. The third kappa shape index (κ3) is 4.40. The fourth-order valence-corrected chi connectivity index (χ4v) is 4.04. The Hall–Kier alpha value is -1.98. The Morgan fingerprint density at radius 2 is 2.27 bits per heavy atom. The summed E-state index contributed by atoms with van der Waals surface area (Å²) in [5.74, 6) is 1.57. The SMILES string of the molecule is CCOc1cc2c(cc1/C=C/C(=O)N(C)Cc1ccc(Cl)s1)OC(C)C2. The maximum Gasteiger partial charge on any atom is 0.246 e. The van der Waals surface area contributed by atoms with E-state index < -0.39 is 0 Å². The van der Waals surface area contributed by atoms with E-state index >= 15 is 0 Å². The van der Waals surface area contributed by atoms with Gasteiger partial charge in [-0.15, -0.1) is 11.3 Å². The van der Waals surface area contributed by atoms with E-state index in [2.05, 4.69) is 0 Å². The van der Waals surface area contributed by atoms with Crippen molar-refractivity contribution in [2.75, 3.05) is 13.7 Å². The van der Waals surface area contributed by atoms with Crippen molar-refractivity contribution in [3.8, 4) is 11.5 Å². The summed E-state index contributed by atoms with van der Waals surface area (Å²) in [6, 6.07) is 7.75. The number of nitrogens with zero attached hydrogens (tertiary/aromatic N) is 1. The lowest BCUT2D eigenvalue weighted by molar-refractivity contribution is -0.125. The summed E-state index contributed by atoms with van der Waals surface area (Å²) in [6.07, 6.45) is 4.41. The van der Waals surface area contributed by atoms with Crippen LogP contribution in [0.4, 0.5) is 0 Å². The fraction of sp³-hybridized carbons (Fsp3) is 0.350. The number of carbonyl (C=O) groups is 1. The highest BCUT2D eigenvalue weighted by atomic mass is 35.5. The molecular weight excluding hydrogens is 370 g/mol. The van der Waals surface area contributed by atoms with E-state index in [1.807, 2.05) is 38.1 Å². The Morgan fingerprint density at radius 3 is 2.96 bits per heavy atom. The summed E-state index contributed by atoms with van der Waals surface area (Å²) in [4.78, 5) is 15.1. The molecule has 4 nitrogen and oxygen atoms in total. The zero-order valence-electron chi connectivity index (χ0n) is 15.1. The van der Waals surface area contributed by atoms with Gasteiger partial charge in [-0.1, -0.05) is 11.6 Å². The predicted molar refractivity (Wildman–Crippen MR) is 106 cm³/mol. The molecule has 0 spiro atoms. The number of fused-ring (bicyclic) bond motifs is 1. The van der Waals surface area contributed by atoms with Crippen molar-refractivity contribution in [2.45, 2.75) is 32.9 Å². The van der Waals surface area contributed by atoms with Gasteiger partial charge in [0, 0.05) is 35.5 Å². The molecule has 1 amide bonds. The molecule has 0 radical (unpaired) electrons. The maximum atomic E-state index is 12.4. The first-order chi connectivity index (χ1) is 12.5. The number of amides is 1. The van der Waals surface area contributed by atoms with Crippen LogP contribution in [-0.4, -0.2) is 30.6 Å². The van der Waals surface area contributed by atoms with Crippen LogP contribution in [0.1, 0.15) is 29.9 Å². The monoisotopic (exact) mass is 391 g/mol. The first-order valence-electron chi connectivity index (χ1n) is 8.60. The molecule has 138 valence electrons. The third-order valence-electron chi connectivity index (χ3n) is 4.13. The van der Waals surface area contributed by atoms with Crippen molar-refractivity contribution in [1.82, 2.24) is 4.90 Å². The Bertz CT molecular complexity index is 830. The van der Waals surface area contributed by atoms with Crippen molar-refractivity contribution in [2.24, 2.45) is 0 Å². The van der Waals surface area contributed by atoms with Crippen molar-refractivity contribution >= 4 is 34.9 Å². The number of benzene rings is 1. The second-order valence-electron chi connectivity index (χ2n) is 6.30. The summed E-state index contributed by atoms with van der Waals surface area (Å²) in [5.41, 5.74) is 2.00. The Morgan fingerprint density at radius 1 is 1.46 bits per heavy atom. The molecule has 1 unspecified atom stereocenters. The minimum atomic E-state index is -0.0771. The highest BCUT2D eigenvalue weighted by Crippen LogP contribution is 2.35. The summed E-state index contributed by atoms with van der Waals surface area (Å²) in [7, 11) is 1.78. The van der Waals surface area contributed by atoms with E-state index in [9.17, 15) is 4.79 Å². The van der Waals surface area contributed by atoms with Crippen LogP contribution in [0.25, 0.3) is 6.08 Å². The molecule has 0 saturated carbocycles. The van der Waals surface area contributed by atoms with Gasteiger partial charge in [0.25, 0.3) is 0 Å². The minimum absolute atomic E-state index is 0.0771. The Labute approximate surface area is 163 Å². The first-order valence-corrected chi connectivity index (χ1v) is 9.79. The van der Waals surface area contributed by atoms with E-state index in [1.54, 1.807) is 24.1 Å². The number of carbonyl (C=O) groups excluding carboxylic acids is 1. The van der Waals surface area contributed by atoms with Crippen molar-refractivity contribution < 1.29 is 14.3 Å². The summed E-state index contributed by atoms with van der Waals surface area (Å²) < 4.78 is 12.3. The molecule has 0 fully saturated rings. The number of halogens is 1. The van der Waals surface area contributed by atoms with Gasteiger partial charge in [0.2, 0.25) is 5.91 Å². The van der Waals surface area contributed by atoms with Crippen molar-refractivity contribution in [3.63, 3.8) is 0 Å². The molecule has 1 aliphatic heterocycles. The zero-order chi connectivity index (χ0) is 18.7. The van der Waals surface area contributed by atoms with Gasteiger partial charge >= 0.3 is 0 Å². The van der Waals surface area contributed by atoms with Gasteiger partial charge in [-0.05, 0) is 44.2 Å². The number of thiophene rings is 1. The Balaban J connectivity index is 1.74. The van der Waals surface area contributed by atoms with E-state index in [0.717, 1.165) is 38.3 Å². The first kappa shape index (κ1) is 18.8. The lowest BCUT2D eigenvalue weighted by Crippen LogP contribution is -2.23. The van der Waals surface area contributed by atoms with Crippen LogP contribution in [0.2, 0.25) is 4.34 Å². The number of ether oxygens (including phenoxy) is 2. The van der Waals surface area contributed by atoms with Gasteiger partial charge in [-0.25, -0.2) is 0 Å². The summed E-state index contributed by atoms with van der Waals surface area (Å²) in [5, 5.41) is 0. The van der Waals surface area contributed by atoms with Crippen LogP contribution in [0, 0.1) is 0 Å². The lowest BCUT2D eigenvalue weighted by atomic mass is 10.1. The Kier molecular flexibility index (Phi) is 5.89. The minimum Gasteiger partial charge on any atom is -0.493 e. The topological polar surface area (TPSA) is 38.8 Å². The fourth-order valence-electron chi connectivity index (χ4n) is 2.90. The number of hydrogen-bond donors (Lipinski definition) is 0. The molecule has 0 N–H and O–H groups in total. The van der Waals surface area contributed by atoms with Crippen LogP contribution in [0.15, 0.2) is 30.3 Å². The molecule has 3 rings (SSSR count). The third-order valence-corrected chi connectivity index (χ3v) is 5.35. The van der Waals surface area contributed by atoms with E-state index in [4.69, 9.17) is 21.1 Å². The second kappa shape index (κ2) is 8.14. The molecule has 2 heterocycles. The lowest BCUT2D eigenvalue weighted by Gasteiger charge is -2.14. The van der Waals surface area contributed by atoms with Gasteiger partial charge in [-0.3, -0.25) is 4.79 Å². The molecule has 26 heavy (non-hydrogen) atoms. The van der Waals surface area contributed by atoms with Crippen LogP contribution in [-0.2, 0) is 17.8 Å².